The first kappa shape index (κ1) is 20.4. The van der Waals surface area contributed by atoms with Crippen LogP contribution in [-0.2, 0) is 11.2 Å². The second-order valence-corrected chi connectivity index (χ2v) is 7.81. The van der Waals surface area contributed by atoms with Crippen molar-refractivity contribution in [3.63, 3.8) is 0 Å². The Kier molecular flexibility index (Phi) is 6.33. The summed E-state index contributed by atoms with van der Waals surface area (Å²) >= 11 is 6.04. The molecule has 1 aliphatic rings. The lowest BCUT2D eigenvalue weighted by Crippen LogP contribution is -2.41. The quantitative estimate of drug-likeness (QED) is 0.563. The molecule has 4 rings (SSSR count). The molecular formula is C23H22ClFN2O3. The Labute approximate surface area is 179 Å². The molecule has 1 atom stereocenters. The van der Waals surface area contributed by atoms with Crippen molar-refractivity contribution in [3.8, 4) is 5.75 Å². The molecule has 1 aromatic heterocycles. The normalized spacial score (nSPS) is 16.5. The first-order valence-corrected chi connectivity index (χ1v) is 10.3. The Hall–Kier alpha value is -2.86. The Bertz CT molecular complexity index is 1020. The number of likely N-dealkylation sites (tertiary alicyclic amines) is 1. The first-order valence-electron chi connectivity index (χ1n) is 9.92. The fourth-order valence-corrected chi connectivity index (χ4v) is 3.85. The van der Waals surface area contributed by atoms with Gasteiger partial charge in [0.05, 0.1) is 12.1 Å². The second kappa shape index (κ2) is 9.30. The summed E-state index contributed by atoms with van der Waals surface area (Å²) in [7, 11) is 0. The van der Waals surface area contributed by atoms with Crippen LogP contribution >= 0.6 is 11.6 Å². The van der Waals surface area contributed by atoms with Crippen molar-refractivity contribution in [2.45, 2.75) is 25.2 Å². The van der Waals surface area contributed by atoms with Crippen molar-refractivity contribution in [1.82, 2.24) is 9.88 Å². The van der Waals surface area contributed by atoms with Gasteiger partial charge in [-0.25, -0.2) is 9.37 Å². The van der Waals surface area contributed by atoms with Gasteiger partial charge in [-0.1, -0.05) is 35.9 Å². The van der Waals surface area contributed by atoms with Gasteiger partial charge in [-0.2, -0.15) is 0 Å². The lowest BCUT2D eigenvalue weighted by Gasteiger charge is -2.31. The highest BCUT2D eigenvalue weighted by molar-refractivity contribution is 6.30. The van der Waals surface area contributed by atoms with Crippen molar-refractivity contribution in [1.29, 1.82) is 0 Å². The van der Waals surface area contributed by atoms with Gasteiger partial charge >= 0.3 is 0 Å². The van der Waals surface area contributed by atoms with Crippen LogP contribution in [0.5, 0.6) is 5.75 Å². The van der Waals surface area contributed by atoms with Crippen molar-refractivity contribution in [2.75, 3.05) is 19.7 Å². The molecule has 2 heterocycles. The van der Waals surface area contributed by atoms with Crippen LogP contribution in [0.1, 0.15) is 36.0 Å². The number of hydrogen-bond donors (Lipinski definition) is 0. The van der Waals surface area contributed by atoms with Gasteiger partial charge in [-0.05, 0) is 42.7 Å². The van der Waals surface area contributed by atoms with Gasteiger partial charge in [0.1, 0.15) is 5.76 Å². The minimum Gasteiger partial charge on any atom is -0.481 e. The van der Waals surface area contributed by atoms with Crippen molar-refractivity contribution >= 4 is 17.5 Å². The van der Waals surface area contributed by atoms with Gasteiger partial charge in [0.2, 0.25) is 0 Å². The van der Waals surface area contributed by atoms with E-state index in [9.17, 15) is 9.18 Å². The molecule has 5 nitrogen and oxygen atoms in total. The molecular weight excluding hydrogens is 407 g/mol. The maximum Gasteiger partial charge on any atom is 0.260 e. The lowest BCUT2D eigenvalue weighted by molar-refractivity contribution is -0.134. The van der Waals surface area contributed by atoms with Gasteiger partial charge < -0.3 is 14.1 Å². The zero-order valence-electron chi connectivity index (χ0n) is 16.4. The molecule has 1 amide bonds. The third-order valence-corrected chi connectivity index (χ3v) is 5.39. The number of amides is 1. The van der Waals surface area contributed by atoms with E-state index in [4.69, 9.17) is 20.8 Å². The highest BCUT2D eigenvalue weighted by atomic mass is 35.5. The van der Waals surface area contributed by atoms with Gasteiger partial charge in [-0.3, -0.25) is 4.79 Å². The molecule has 156 valence electrons. The molecule has 30 heavy (non-hydrogen) atoms. The summed E-state index contributed by atoms with van der Waals surface area (Å²) in [4.78, 5) is 18.7. The molecule has 7 heteroatoms. The molecule has 0 bridgehead atoms. The minimum absolute atomic E-state index is 0.0317. The van der Waals surface area contributed by atoms with Crippen molar-refractivity contribution < 1.29 is 18.3 Å². The highest BCUT2D eigenvalue weighted by Crippen LogP contribution is 2.27. The molecule has 0 saturated carbocycles. The largest absolute Gasteiger partial charge is 0.481 e. The van der Waals surface area contributed by atoms with E-state index in [0.29, 0.717) is 30.4 Å². The zero-order valence-corrected chi connectivity index (χ0v) is 17.1. The Morgan fingerprint density at radius 2 is 2.13 bits per heavy atom. The molecule has 1 aliphatic heterocycles. The van der Waals surface area contributed by atoms with Crippen LogP contribution < -0.4 is 4.74 Å². The molecule has 1 saturated heterocycles. The number of carbonyl (C=O) groups is 1. The number of ether oxygens (including phenoxy) is 1. The van der Waals surface area contributed by atoms with E-state index < -0.39 is 5.82 Å². The van der Waals surface area contributed by atoms with Crippen molar-refractivity contribution in [3.05, 3.63) is 82.8 Å². The molecule has 1 fully saturated rings. The maximum absolute atomic E-state index is 13.7. The molecule has 3 aromatic rings. The number of hydrogen-bond acceptors (Lipinski definition) is 4. The second-order valence-electron chi connectivity index (χ2n) is 7.37. The van der Waals surface area contributed by atoms with E-state index in [-0.39, 0.29) is 24.2 Å². The van der Waals surface area contributed by atoms with Crippen LogP contribution in [0.15, 0.2) is 59.1 Å². The molecule has 0 aliphatic carbocycles. The Balaban J connectivity index is 1.35. The summed E-state index contributed by atoms with van der Waals surface area (Å²) in [6.07, 6.45) is 4.09. The van der Waals surface area contributed by atoms with Gasteiger partial charge in [0, 0.05) is 24.5 Å². The van der Waals surface area contributed by atoms with Crippen LogP contribution in [-0.4, -0.2) is 35.5 Å². The van der Waals surface area contributed by atoms with Crippen LogP contribution in [0.25, 0.3) is 0 Å². The van der Waals surface area contributed by atoms with E-state index in [1.807, 2.05) is 24.3 Å². The number of rotatable bonds is 6. The number of nitrogens with zero attached hydrogens (tertiary/aromatic N) is 2. The Morgan fingerprint density at radius 1 is 1.27 bits per heavy atom. The number of halogens is 2. The number of para-hydroxylation sites is 1. The van der Waals surface area contributed by atoms with Crippen LogP contribution in [0.2, 0.25) is 5.02 Å². The topological polar surface area (TPSA) is 55.6 Å². The minimum atomic E-state index is -0.478. The third kappa shape index (κ3) is 5.00. The fourth-order valence-electron chi connectivity index (χ4n) is 3.64. The van der Waals surface area contributed by atoms with Gasteiger partial charge in [0.25, 0.3) is 5.91 Å². The summed E-state index contributed by atoms with van der Waals surface area (Å²) in [6, 6.07) is 13.7. The zero-order chi connectivity index (χ0) is 20.9. The van der Waals surface area contributed by atoms with Crippen LogP contribution in [0.4, 0.5) is 4.39 Å². The van der Waals surface area contributed by atoms with Crippen LogP contribution in [0.3, 0.4) is 0 Å². The monoisotopic (exact) mass is 428 g/mol. The third-order valence-electron chi connectivity index (χ3n) is 5.15. The first-order chi connectivity index (χ1) is 14.6. The summed E-state index contributed by atoms with van der Waals surface area (Å²) in [6.45, 7) is 0.960. The summed E-state index contributed by atoms with van der Waals surface area (Å²) < 4.78 is 25.0. The number of piperidine rings is 1. The van der Waals surface area contributed by atoms with E-state index in [0.717, 1.165) is 24.2 Å². The fraction of sp³-hybridized carbons (Fsp3) is 0.304. The molecule has 2 aromatic carbocycles. The summed E-state index contributed by atoms with van der Waals surface area (Å²) in [5.41, 5.74) is 1.05. The molecule has 0 radical (unpaired) electrons. The summed E-state index contributed by atoms with van der Waals surface area (Å²) in [5, 5.41) is 0.686. The smallest absolute Gasteiger partial charge is 0.260 e. The molecule has 0 unspecified atom stereocenters. The predicted molar refractivity (Wildman–Crippen MR) is 111 cm³/mol. The average molecular weight is 429 g/mol. The number of benzene rings is 2. The number of aromatic nitrogens is 1. The average Bonchev–Trinajstić information content (AvgIpc) is 3.21. The van der Waals surface area contributed by atoms with Crippen molar-refractivity contribution in [2.24, 2.45) is 0 Å². The van der Waals surface area contributed by atoms with Gasteiger partial charge in [0.15, 0.2) is 24.1 Å². The highest BCUT2D eigenvalue weighted by Gasteiger charge is 2.28. The SMILES string of the molecule is O=C(COc1ccccc1F)N1CCC[C@@H](c2ncc(Cc3cccc(Cl)c3)o2)C1. The Morgan fingerprint density at radius 3 is 2.97 bits per heavy atom. The summed E-state index contributed by atoms with van der Waals surface area (Å²) in [5.74, 6) is 0.864. The maximum atomic E-state index is 13.7. The van der Waals surface area contributed by atoms with E-state index in [1.54, 1.807) is 23.2 Å². The molecule has 0 N–H and O–H groups in total. The standard InChI is InChI=1S/C23H22ClFN2O3/c24-18-7-3-5-16(11-18)12-19-13-26-23(30-19)17-6-4-10-27(14-17)22(28)15-29-21-9-2-1-8-20(21)25/h1-3,5,7-9,11,13,17H,4,6,10,12,14-15H2/t17-/m1/s1. The molecule has 0 spiro atoms. The predicted octanol–water partition coefficient (Wildman–Crippen LogP) is 4.84. The van der Waals surface area contributed by atoms with E-state index in [2.05, 4.69) is 4.98 Å². The van der Waals surface area contributed by atoms with E-state index >= 15 is 0 Å². The van der Waals surface area contributed by atoms with E-state index in [1.165, 1.54) is 12.1 Å². The lowest BCUT2D eigenvalue weighted by atomic mass is 9.98. The van der Waals surface area contributed by atoms with Gasteiger partial charge in [-0.15, -0.1) is 0 Å². The number of oxazole rings is 1. The number of carbonyl (C=O) groups excluding carboxylic acids is 1. The van der Waals surface area contributed by atoms with Crippen LogP contribution in [0, 0.1) is 5.82 Å².